The molecule has 0 saturated carbocycles. The summed E-state index contributed by atoms with van der Waals surface area (Å²) in [6, 6.07) is 1.71. The molecule has 2 N–H and O–H groups in total. The van der Waals surface area contributed by atoms with Gasteiger partial charge in [-0.25, -0.2) is 9.97 Å². The summed E-state index contributed by atoms with van der Waals surface area (Å²) < 4.78 is 0. The molecule has 0 atom stereocenters. The van der Waals surface area contributed by atoms with Crippen molar-refractivity contribution in [3.8, 4) is 0 Å². The van der Waals surface area contributed by atoms with Crippen molar-refractivity contribution in [2.45, 2.75) is 26.5 Å². The van der Waals surface area contributed by atoms with Crippen molar-refractivity contribution in [3.63, 3.8) is 0 Å². The van der Waals surface area contributed by atoms with Crippen LogP contribution in [0.15, 0.2) is 12.3 Å². The van der Waals surface area contributed by atoms with Crippen molar-refractivity contribution >= 4 is 17.6 Å². The maximum Gasteiger partial charge on any atom is 0.140 e. The van der Waals surface area contributed by atoms with Gasteiger partial charge in [-0.1, -0.05) is 20.8 Å². The minimum absolute atomic E-state index is 0.352. The molecule has 1 aromatic rings. The lowest BCUT2D eigenvalue weighted by Crippen LogP contribution is -2.08. The number of rotatable bonds is 3. The number of aromatic nitrogens is 2. The van der Waals surface area contributed by atoms with Gasteiger partial charge in [-0.2, -0.15) is 11.8 Å². The van der Waals surface area contributed by atoms with Crippen LogP contribution in [0, 0.1) is 5.41 Å². The van der Waals surface area contributed by atoms with Gasteiger partial charge in [-0.15, -0.1) is 0 Å². The van der Waals surface area contributed by atoms with E-state index in [9.17, 15) is 0 Å². The minimum Gasteiger partial charge on any atom is -0.384 e. The van der Waals surface area contributed by atoms with E-state index in [1.165, 1.54) is 0 Å². The van der Waals surface area contributed by atoms with Crippen LogP contribution in [-0.4, -0.2) is 15.7 Å². The lowest BCUT2D eigenvalue weighted by Gasteiger charge is -2.16. The Hall–Kier alpha value is -0.770. The standard InChI is InChI=1S/C10H17N3S/c1-10(2,3)7-14-6-9-12-5-4-8(11)13-9/h4-5H,6-7H2,1-3H3,(H2,11,12,13). The predicted molar refractivity (Wildman–Crippen MR) is 62.1 cm³/mol. The van der Waals surface area contributed by atoms with Crippen molar-refractivity contribution < 1.29 is 0 Å². The zero-order valence-electron chi connectivity index (χ0n) is 8.95. The molecule has 0 spiro atoms. The molecule has 0 aromatic carbocycles. The Morgan fingerprint density at radius 3 is 2.71 bits per heavy atom. The molecular weight excluding hydrogens is 194 g/mol. The van der Waals surface area contributed by atoms with Gasteiger partial charge in [0, 0.05) is 6.20 Å². The highest BCUT2D eigenvalue weighted by Crippen LogP contribution is 2.22. The minimum atomic E-state index is 0.352. The van der Waals surface area contributed by atoms with E-state index in [2.05, 4.69) is 30.7 Å². The Labute approximate surface area is 89.5 Å². The summed E-state index contributed by atoms with van der Waals surface area (Å²) in [7, 11) is 0. The van der Waals surface area contributed by atoms with Crippen LogP contribution < -0.4 is 5.73 Å². The first-order chi connectivity index (χ1) is 6.47. The van der Waals surface area contributed by atoms with Crippen molar-refractivity contribution in [1.29, 1.82) is 0 Å². The second-order valence-corrected chi connectivity index (χ2v) is 5.44. The summed E-state index contributed by atoms with van der Waals surface area (Å²) in [5.74, 6) is 3.30. The maximum absolute atomic E-state index is 5.56. The first-order valence-electron chi connectivity index (χ1n) is 4.62. The van der Waals surface area contributed by atoms with Crippen LogP contribution in [0.2, 0.25) is 0 Å². The fourth-order valence-electron chi connectivity index (χ4n) is 0.933. The van der Waals surface area contributed by atoms with Crippen LogP contribution in [0.4, 0.5) is 5.82 Å². The highest BCUT2D eigenvalue weighted by Gasteiger charge is 2.10. The van der Waals surface area contributed by atoms with Gasteiger partial charge < -0.3 is 5.73 Å². The summed E-state index contributed by atoms with van der Waals surface area (Å²) in [6.07, 6.45) is 1.70. The average Bonchev–Trinajstić information content (AvgIpc) is 2.01. The number of nitrogens with zero attached hydrogens (tertiary/aromatic N) is 2. The third-order valence-electron chi connectivity index (χ3n) is 1.49. The van der Waals surface area contributed by atoms with E-state index in [0.29, 0.717) is 11.2 Å². The van der Waals surface area contributed by atoms with Gasteiger partial charge in [-0.3, -0.25) is 0 Å². The van der Waals surface area contributed by atoms with Gasteiger partial charge in [0.15, 0.2) is 0 Å². The normalized spacial score (nSPS) is 11.6. The Bertz CT molecular complexity index is 294. The summed E-state index contributed by atoms with van der Waals surface area (Å²) in [5, 5.41) is 0. The Kier molecular flexibility index (Phi) is 3.75. The molecule has 0 bridgehead atoms. The van der Waals surface area contributed by atoms with Crippen molar-refractivity contribution in [2.24, 2.45) is 5.41 Å². The van der Waals surface area contributed by atoms with Gasteiger partial charge in [0.2, 0.25) is 0 Å². The topological polar surface area (TPSA) is 51.8 Å². The number of anilines is 1. The second-order valence-electron chi connectivity index (χ2n) is 4.45. The van der Waals surface area contributed by atoms with Crippen LogP contribution in [0.25, 0.3) is 0 Å². The molecule has 0 aliphatic rings. The van der Waals surface area contributed by atoms with Gasteiger partial charge in [-0.05, 0) is 17.2 Å². The van der Waals surface area contributed by atoms with E-state index in [4.69, 9.17) is 5.73 Å². The first kappa shape index (κ1) is 11.3. The Morgan fingerprint density at radius 2 is 2.14 bits per heavy atom. The second kappa shape index (κ2) is 4.64. The molecule has 0 amide bonds. The molecule has 1 aromatic heterocycles. The van der Waals surface area contributed by atoms with E-state index in [1.807, 2.05) is 11.8 Å². The van der Waals surface area contributed by atoms with Crippen LogP contribution in [-0.2, 0) is 5.75 Å². The van der Waals surface area contributed by atoms with Gasteiger partial charge in [0.25, 0.3) is 0 Å². The molecule has 78 valence electrons. The molecule has 3 nitrogen and oxygen atoms in total. The molecule has 1 heterocycles. The molecule has 4 heteroatoms. The Morgan fingerprint density at radius 1 is 1.43 bits per heavy atom. The van der Waals surface area contributed by atoms with E-state index in [1.54, 1.807) is 12.3 Å². The lowest BCUT2D eigenvalue weighted by atomic mass is 10.0. The predicted octanol–water partition coefficient (Wildman–Crippen LogP) is 2.34. The quantitative estimate of drug-likeness (QED) is 0.833. The van der Waals surface area contributed by atoms with E-state index in [0.717, 1.165) is 17.3 Å². The highest BCUT2D eigenvalue weighted by molar-refractivity contribution is 7.98. The monoisotopic (exact) mass is 211 g/mol. The van der Waals surface area contributed by atoms with Gasteiger partial charge >= 0.3 is 0 Å². The highest BCUT2D eigenvalue weighted by atomic mass is 32.2. The first-order valence-corrected chi connectivity index (χ1v) is 5.78. The molecule has 0 radical (unpaired) electrons. The molecular formula is C10H17N3S. The average molecular weight is 211 g/mol. The van der Waals surface area contributed by atoms with Crippen LogP contribution in [0.5, 0.6) is 0 Å². The zero-order chi connectivity index (χ0) is 10.6. The summed E-state index contributed by atoms with van der Waals surface area (Å²) in [5.41, 5.74) is 5.91. The van der Waals surface area contributed by atoms with Gasteiger partial charge in [0.1, 0.15) is 11.6 Å². The van der Waals surface area contributed by atoms with Crippen LogP contribution >= 0.6 is 11.8 Å². The van der Waals surface area contributed by atoms with Crippen molar-refractivity contribution in [1.82, 2.24) is 9.97 Å². The summed E-state index contributed by atoms with van der Waals surface area (Å²) >= 11 is 1.84. The smallest absolute Gasteiger partial charge is 0.140 e. The molecule has 0 unspecified atom stereocenters. The lowest BCUT2D eigenvalue weighted by molar-refractivity contribution is 0.480. The number of hydrogen-bond donors (Lipinski definition) is 1. The molecule has 0 aliphatic carbocycles. The number of nitrogens with two attached hydrogens (primary N) is 1. The van der Waals surface area contributed by atoms with Gasteiger partial charge in [0.05, 0.1) is 5.75 Å². The molecule has 0 fully saturated rings. The largest absolute Gasteiger partial charge is 0.384 e. The fourth-order valence-corrected chi connectivity index (χ4v) is 1.97. The number of nitrogen functional groups attached to an aromatic ring is 1. The summed E-state index contributed by atoms with van der Waals surface area (Å²) in [4.78, 5) is 8.29. The third-order valence-corrected chi connectivity index (χ3v) is 3.03. The number of thioether (sulfide) groups is 1. The number of hydrogen-bond acceptors (Lipinski definition) is 4. The van der Waals surface area contributed by atoms with Crippen LogP contribution in [0.1, 0.15) is 26.6 Å². The van der Waals surface area contributed by atoms with E-state index < -0.39 is 0 Å². The molecule has 14 heavy (non-hydrogen) atoms. The molecule has 1 rings (SSSR count). The fraction of sp³-hybridized carbons (Fsp3) is 0.600. The van der Waals surface area contributed by atoms with E-state index >= 15 is 0 Å². The third kappa shape index (κ3) is 4.46. The molecule has 0 saturated heterocycles. The van der Waals surface area contributed by atoms with Crippen molar-refractivity contribution in [3.05, 3.63) is 18.1 Å². The van der Waals surface area contributed by atoms with Crippen molar-refractivity contribution in [2.75, 3.05) is 11.5 Å². The summed E-state index contributed by atoms with van der Waals surface area (Å²) in [6.45, 7) is 6.67. The maximum atomic E-state index is 5.56. The van der Waals surface area contributed by atoms with E-state index in [-0.39, 0.29) is 0 Å². The van der Waals surface area contributed by atoms with Crippen LogP contribution in [0.3, 0.4) is 0 Å². The Balaban J connectivity index is 2.39. The SMILES string of the molecule is CC(C)(C)CSCc1nccc(N)n1. The molecule has 0 aliphatic heterocycles. The zero-order valence-corrected chi connectivity index (χ0v) is 9.77.